The number of carbonyl (C=O) groups is 2. The zero-order valence-corrected chi connectivity index (χ0v) is 21.3. The van der Waals surface area contributed by atoms with Crippen LogP contribution in [0.3, 0.4) is 0 Å². The molecule has 9 heteroatoms. The van der Waals surface area contributed by atoms with E-state index in [0.717, 1.165) is 36.5 Å². The number of carboxylic acid groups (broad SMARTS) is 1. The van der Waals surface area contributed by atoms with Crippen molar-refractivity contribution in [3.8, 4) is 16.3 Å². The molecule has 0 radical (unpaired) electrons. The van der Waals surface area contributed by atoms with Crippen molar-refractivity contribution < 1.29 is 28.6 Å². The first-order valence-electron chi connectivity index (χ1n) is 12.3. The number of nitrogens with zero attached hydrogens (tertiary/aromatic N) is 2. The summed E-state index contributed by atoms with van der Waals surface area (Å²) in [5.41, 5.74) is 2.31. The van der Waals surface area contributed by atoms with E-state index in [0.29, 0.717) is 52.5 Å². The first-order chi connectivity index (χ1) is 16.7. The highest BCUT2D eigenvalue weighted by atomic mass is 32.1. The minimum Gasteiger partial charge on any atom is -0.489 e. The Bertz CT molecular complexity index is 1080. The van der Waals surface area contributed by atoms with Gasteiger partial charge in [0.05, 0.1) is 28.3 Å². The number of halogens is 1. The Labute approximate surface area is 209 Å². The Balaban J connectivity index is 1.43. The van der Waals surface area contributed by atoms with Crippen molar-refractivity contribution in [2.75, 3.05) is 13.6 Å². The van der Waals surface area contributed by atoms with Gasteiger partial charge in [0.1, 0.15) is 12.4 Å². The zero-order valence-electron chi connectivity index (χ0n) is 20.5. The molecule has 0 aromatic carbocycles. The molecule has 1 amide bonds. The lowest BCUT2D eigenvalue weighted by atomic mass is 9.87. The van der Waals surface area contributed by atoms with Gasteiger partial charge in [-0.1, -0.05) is 12.8 Å². The molecule has 2 aromatic rings. The van der Waals surface area contributed by atoms with Crippen LogP contribution in [0, 0.1) is 30.8 Å². The maximum Gasteiger partial charge on any atom is 0.409 e. The molecule has 2 saturated carbocycles. The summed E-state index contributed by atoms with van der Waals surface area (Å²) in [7, 11) is 1.72. The standard InChI is InChI=1S/C26H33FN2O5S/c1-15-20(14-33-26(32)29(3)12-11-17-7-8-17)23(35-24(15)27)21-9-10-22(16(2)28-21)34-19-6-4-5-18(13-19)25(30)31/h9-10,17-19H,4-8,11-14H2,1-3H3,(H,30,31)/t18-,19-/m0/s1. The predicted molar refractivity (Wildman–Crippen MR) is 131 cm³/mol. The lowest BCUT2D eigenvalue weighted by Crippen LogP contribution is -2.29. The Morgan fingerprint density at radius 1 is 1.23 bits per heavy atom. The molecule has 2 aliphatic rings. The molecule has 0 aliphatic heterocycles. The normalized spacial score (nSPS) is 19.9. The molecule has 2 fully saturated rings. The van der Waals surface area contributed by atoms with Crippen LogP contribution < -0.4 is 4.74 Å². The van der Waals surface area contributed by atoms with E-state index in [1.54, 1.807) is 31.0 Å². The van der Waals surface area contributed by atoms with Crippen molar-refractivity contribution in [3.63, 3.8) is 0 Å². The van der Waals surface area contributed by atoms with Crippen LogP contribution in [0.1, 0.15) is 61.8 Å². The summed E-state index contributed by atoms with van der Waals surface area (Å²) >= 11 is 0.990. The monoisotopic (exact) mass is 504 g/mol. The highest BCUT2D eigenvalue weighted by molar-refractivity contribution is 7.14. The van der Waals surface area contributed by atoms with Gasteiger partial charge in [0.25, 0.3) is 0 Å². The van der Waals surface area contributed by atoms with E-state index in [9.17, 15) is 19.1 Å². The van der Waals surface area contributed by atoms with Gasteiger partial charge in [-0.3, -0.25) is 4.79 Å². The number of hydrogen-bond acceptors (Lipinski definition) is 6. The largest absolute Gasteiger partial charge is 0.489 e. The molecule has 190 valence electrons. The van der Waals surface area contributed by atoms with Crippen LogP contribution in [-0.2, 0) is 16.1 Å². The minimum atomic E-state index is -0.777. The summed E-state index contributed by atoms with van der Waals surface area (Å²) in [6, 6.07) is 3.58. The smallest absolute Gasteiger partial charge is 0.409 e. The molecule has 2 aliphatic carbocycles. The van der Waals surface area contributed by atoms with Gasteiger partial charge >= 0.3 is 12.1 Å². The molecular formula is C26H33FN2O5S. The average Bonchev–Trinajstić information content (AvgIpc) is 3.62. The first-order valence-corrected chi connectivity index (χ1v) is 13.1. The third kappa shape index (κ3) is 6.31. The molecule has 2 aromatic heterocycles. The van der Waals surface area contributed by atoms with Crippen molar-refractivity contribution in [3.05, 3.63) is 34.1 Å². The maximum absolute atomic E-state index is 14.5. The Morgan fingerprint density at radius 3 is 2.69 bits per heavy atom. The molecule has 0 bridgehead atoms. The summed E-state index contributed by atoms with van der Waals surface area (Å²) in [6.45, 7) is 4.14. The van der Waals surface area contributed by atoms with Crippen molar-refractivity contribution in [2.24, 2.45) is 11.8 Å². The summed E-state index contributed by atoms with van der Waals surface area (Å²) in [6.07, 6.45) is 5.67. The molecule has 1 N–H and O–H groups in total. The molecule has 4 rings (SSSR count). The van der Waals surface area contributed by atoms with Gasteiger partial charge in [-0.15, -0.1) is 11.3 Å². The molecule has 0 unspecified atom stereocenters. The molecule has 7 nitrogen and oxygen atoms in total. The van der Waals surface area contributed by atoms with E-state index < -0.39 is 12.1 Å². The van der Waals surface area contributed by atoms with Crippen LogP contribution in [0.5, 0.6) is 5.75 Å². The van der Waals surface area contributed by atoms with E-state index >= 15 is 0 Å². The summed E-state index contributed by atoms with van der Waals surface area (Å²) in [5.74, 6) is 0.171. The number of aryl methyl sites for hydroxylation is 1. The van der Waals surface area contributed by atoms with Crippen LogP contribution in [-0.4, -0.2) is 46.7 Å². The quantitative estimate of drug-likeness (QED) is 0.453. The van der Waals surface area contributed by atoms with E-state index in [4.69, 9.17) is 9.47 Å². The zero-order chi connectivity index (χ0) is 25.1. The predicted octanol–water partition coefficient (Wildman–Crippen LogP) is 5.96. The van der Waals surface area contributed by atoms with Crippen LogP contribution in [0.15, 0.2) is 12.1 Å². The second-order valence-electron chi connectivity index (χ2n) is 9.74. The van der Waals surface area contributed by atoms with E-state index in [1.165, 1.54) is 12.8 Å². The van der Waals surface area contributed by atoms with Gasteiger partial charge < -0.3 is 19.5 Å². The van der Waals surface area contributed by atoms with E-state index in [-0.39, 0.29) is 23.8 Å². The minimum absolute atomic E-state index is 0.0220. The molecule has 2 heterocycles. The number of carboxylic acids is 1. The molecule has 0 spiro atoms. The summed E-state index contributed by atoms with van der Waals surface area (Å²) in [5, 5.41) is 8.99. The SMILES string of the molecule is Cc1nc(-c2sc(F)c(C)c2COC(=O)N(C)CCC2CC2)ccc1O[C@H]1CCC[C@H](C(=O)O)C1. The van der Waals surface area contributed by atoms with Crippen LogP contribution >= 0.6 is 11.3 Å². The number of aromatic nitrogens is 1. The Morgan fingerprint density at radius 2 is 2.00 bits per heavy atom. The van der Waals surface area contributed by atoms with Gasteiger partial charge in [-0.25, -0.2) is 9.78 Å². The third-order valence-corrected chi connectivity index (χ3v) is 8.12. The van der Waals surface area contributed by atoms with Crippen LogP contribution in [0.4, 0.5) is 9.18 Å². The van der Waals surface area contributed by atoms with Crippen molar-refractivity contribution >= 4 is 23.4 Å². The van der Waals surface area contributed by atoms with Crippen molar-refractivity contribution in [1.29, 1.82) is 0 Å². The fraction of sp³-hybridized carbons (Fsp3) is 0.577. The summed E-state index contributed by atoms with van der Waals surface area (Å²) < 4.78 is 26.1. The number of thiophene rings is 1. The number of amides is 1. The summed E-state index contributed by atoms with van der Waals surface area (Å²) in [4.78, 5) is 30.6. The third-order valence-electron chi connectivity index (χ3n) is 6.97. The second-order valence-corrected chi connectivity index (χ2v) is 10.7. The highest BCUT2D eigenvalue weighted by Gasteiger charge is 2.29. The molecule has 35 heavy (non-hydrogen) atoms. The fourth-order valence-electron chi connectivity index (χ4n) is 4.47. The fourth-order valence-corrected chi connectivity index (χ4v) is 5.48. The van der Waals surface area contributed by atoms with Gasteiger partial charge in [0.2, 0.25) is 0 Å². The van der Waals surface area contributed by atoms with Crippen LogP contribution in [0.25, 0.3) is 10.6 Å². The van der Waals surface area contributed by atoms with Gasteiger partial charge in [0, 0.05) is 24.7 Å². The van der Waals surface area contributed by atoms with E-state index in [1.807, 2.05) is 6.92 Å². The van der Waals surface area contributed by atoms with Crippen LogP contribution in [0.2, 0.25) is 0 Å². The molecule has 0 saturated heterocycles. The number of carbonyl (C=O) groups excluding carboxylic acids is 1. The lowest BCUT2D eigenvalue weighted by molar-refractivity contribution is -0.143. The van der Waals surface area contributed by atoms with E-state index in [2.05, 4.69) is 4.98 Å². The number of pyridine rings is 1. The average molecular weight is 505 g/mol. The molecule has 2 atom stereocenters. The topological polar surface area (TPSA) is 89.0 Å². The van der Waals surface area contributed by atoms with Gasteiger partial charge in [-0.05, 0) is 64.0 Å². The number of ether oxygens (including phenoxy) is 2. The van der Waals surface area contributed by atoms with Gasteiger partial charge in [-0.2, -0.15) is 4.39 Å². The molecular weight excluding hydrogens is 471 g/mol. The maximum atomic E-state index is 14.5. The van der Waals surface area contributed by atoms with Crippen molar-refractivity contribution in [2.45, 2.75) is 71.5 Å². The number of rotatable bonds is 9. The lowest BCUT2D eigenvalue weighted by Gasteiger charge is -2.27. The highest BCUT2D eigenvalue weighted by Crippen LogP contribution is 2.37. The van der Waals surface area contributed by atoms with Crippen molar-refractivity contribution in [1.82, 2.24) is 9.88 Å². The number of aliphatic carboxylic acids is 1. The first kappa shape index (κ1) is 25.4. The Kier molecular flexibility index (Phi) is 7.94. The Hall–Kier alpha value is -2.68. The van der Waals surface area contributed by atoms with Gasteiger partial charge in [0.15, 0.2) is 5.13 Å². The number of hydrogen-bond donors (Lipinski definition) is 1. The second kappa shape index (κ2) is 10.9.